The van der Waals surface area contributed by atoms with Crippen LogP contribution in [0, 0.1) is 6.92 Å². The van der Waals surface area contributed by atoms with E-state index >= 15 is 0 Å². The van der Waals surface area contributed by atoms with Crippen LogP contribution >= 0.6 is 15.9 Å². The summed E-state index contributed by atoms with van der Waals surface area (Å²) in [7, 11) is 1.98. The van der Waals surface area contributed by atoms with E-state index in [9.17, 15) is 0 Å². The topological polar surface area (TPSA) is 55.9 Å². The molecule has 1 aromatic carbocycles. The van der Waals surface area contributed by atoms with Crippen LogP contribution in [0.5, 0.6) is 0 Å². The van der Waals surface area contributed by atoms with Crippen molar-refractivity contribution in [3.8, 4) is 0 Å². The third-order valence-corrected chi connectivity index (χ3v) is 4.48. The lowest BCUT2D eigenvalue weighted by molar-refractivity contribution is 0.529. The molecule has 1 heterocycles. The number of nitrogens with two attached hydrogens (primary N) is 1. The summed E-state index contributed by atoms with van der Waals surface area (Å²) in [4.78, 5) is 0. The van der Waals surface area contributed by atoms with Crippen LogP contribution in [0.4, 0.5) is 0 Å². The normalized spacial score (nSPS) is 12.7. The summed E-state index contributed by atoms with van der Waals surface area (Å²) in [5.74, 6) is 5.74. The first-order valence-corrected chi connectivity index (χ1v) is 7.58. The van der Waals surface area contributed by atoms with Crippen LogP contribution in [0.2, 0.25) is 0 Å². The van der Waals surface area contributed by atoms with Crippen LogP contribution < -0.4 is 11.3 Å². The highest BCUT2D eigenvalue weighted by molar-refractivity contribution is 9.10. The minimum atomic E-state index is 0.0851. The highest BCUT2D eigenvalue weighted by Gasteiger charge is 2.14. The molecule has 0 radical (unpaired) electrons. The van der Waals surface area contributed by atoms with Gasteiger partial charge >= 0.3 is 0 Å². The van der Waals surface area contributed by atoms with Gasteiger partial charge in [-0.25, -0.2) is 0 Å². The summed E-state index contributed by atoms with van der Waals surface area (Å²) >= 11 is 3.53. The number of hydrazine groups is 1. The number of hydrogen-bond donors (Lipinski definition) is 2. The average Bonchev–Trinajstić information content (AvgIpc) is 2.80. The number of nitrogens with zero attached hydrogens (tertiary/aromatic N) is 2. The molecular formula is C15H21BrN4. The smallest absolute Gasteiger partial charge is 0.0624 e. The zero-order valence-corrected chi connectivity index (χ0v) is 13.7. The van der Waals surface area contributed by atoms with Gasteiger partial charge in [-0.2, -0.15) is 5.10 Å². The fraction of sp³-hybridized carbons (Fsp3) is 0.400. The third-order valence-electron chi connectivity index (χ3n) is 3.59. The van der Waals surface area contributed by atoms with Crippen molar-refractivity contribution in [1.29, 1.82) is 0 Å². The zero-order valence-electron chi connectivity index (χ0n) is 12.2. The maximum atomic E-state index is 5.74. The molecule has 0 aliphatic heterocycles. The van der Waals surface area contributed by atoms with Gasteiger partial charge in [0.1, 0.15) is 0 Å². The third kappa shape index (κ3) is 3.29. The number of nitrogens with one attached hydrogen (secondary N) is 1. The Morgan fingerprint density at radius 1 is 1.40 bits per heavy atom. The van der Waals surface area contributed by atoms with Crippen molar-refractivity contribution in [2.45, 2.75) is 32.7 Å². The molecule has 1 atom stereocenters. The minimum Gasteiger partial charge on any atom is -0.272 e. The second-order valence-electron chi connectivity index (χ2n) is 5.04. The first-order valence-electron chi connectivity index (χ1n) is 6.79. The lowest BCUT2D eigenvalue weighted by atomic mass is 10.0. The summed E-state index contributed by atoms with van der Waals surface area (Å²) < 4.78 is 3.06. The molecule has 20 heavy (non-hydrogen) atoms. The Morgan fingerprint density at radius 3 is 2.70 bits per heavy atom. The fourth-order valence-corrected chi connectivity index (χ4v) is 2.55. The highest BCUT2D eigenvalue weighted by atomic mass is 79.9. The summed E-state index contributed by atoms with van der Waals surface area (Å²) in [5.41, 5.74) is 7.61. The number of aryl methyl sites for hydroxylation is 3. The lowest BCUT2D eigenvalue weighted by Crippen LogP contribution is -2.30. The lowest BCUT2D eigenvalue weighted by Gasteiger charge is -2.17. The van der Waals surface area contributed by atoms with E-state index in [1.165, 1.54) is 16.8 Å². The van der Waals surface area contributed by atoms with Crippen molar-refractivity contribution in [2.75, 3.05) is 0 Å². The number of rotatable bonds is 5. The molecule has 0 bridgehead atoms. The predicted molar refractivity (Wildman–Crippen MR) is 85.2 cm³/mol. The van der Waals surface area contributed by atoms with Gasteiger partial charge in [0.2, 0.25) is 0 Å². The van der Waals surface area contributed by atoms with Gasteiger partial charge in [0, 0.05) is 23.6 Å². The summed E-state index contributed by atoms with van der Waals surface area (Å²) in [6.45, 7) is 4.20. The van der Waals surface area contributed by atoms with Gasteiger partial charge in [-0.15, -0.1) is 0 Å². The Balaban J connectivity index is 2.23. The molecule has 0 fully saturated rings. The van der Waals surface area contributed by atoms with E-state index in [1.54, 1.807) is 0 Å². The van der Waals surface area contributed by atoms with Gasteiger partial charge in [0.05, 0.1) is 11.7 Å². The number of hydrogen-bond acceptors (Lipinski definition) is 3. The molecule has 2 aromatic rings. The van der Waals surface area contributed by atoms with Crippen molar-refractivity contribution in [3.05, 3.63) is 51.3 Å². The molecule has 0 aliphatic rings. The monoisotopic (exact) mass is 336 g/mol. The molecule has 4 nitrogen and oxygen atoms in total. The standard InChI is InChI=1S/C15H21BrN4/c1-4-12-8-13(20(3)19-12)9-15(18-17)11-5-6-14(16)10(2)7-11/h5-8,15,18H,4,9,17H2,1-3H3. The number of halogens is 1. The predicted octanol–water partition coefficient (Wildman–Crippen LogP) is 2.80. The Hall–Kier alpha value is -1.17. The van der Waals surface area contributed by atoms with Crippen LogP contribution in [0.15, 0.2) is 28.7 Å². The van der Waals surface area contributed by atoms with Crippen LogP contribution in [-0.4, -0.2) is 9.78 Å². The molecule has 0 saturated carbocycles. The van der Waals surface area contributed by atoms with E-state index in [2.05, 4.69) is 64.6 Å². The summed E-state index contributed by atoms with van der Waals surface area (Å²) in [6.07, 6.45) is 1.77. The van der Waals surface area contributed by atoms with Crippen LogP contribution in [-0.2, 0) is 19.9 Å². The molecule has 5 heteroatoms. The van der Waals surface area contributed by atoms with Crippen molar-refractivity contribution >= 4 is 15.9 Å². The largest absolute Gasteiger partial charge is 0.272 e. The maximum Gasteiger partial charge on any atom is 0.0624 e. The van der Waals surface area contributed by atoms with Crippen molar-refractivity contribution < 1.29 is 0 Å². The van der Waals surface area contributed by atoms with Gasteiger partial charge in [0.25, 0.3) is 0 Å². The van der Waals surface area contributed by atoms with E-state index in [-0.39, 0.29) is 6.04 Å². The van der Waals surface area contributed by atoms with Gasteiger partial charge < -0.3 is 0 Å². The molecule has 0 spiro atoms. The number of benzene rings is 1. The summed E-state index contributed by atoms with van der Waals surface area (Å²) in [5, 5.41) is 4.48. The highest BCUT2D eigenvalue weighted by Crippen LogP contribution is 2.23. The van der Waals surface area contributed by atoms with Gasteiger partial charge in [-0.1, -0.05) is 35.0 Å². The fourth-order valence-electron chi connectivity index (χ4n) is 2.30. The molecule has 0 saturated heterocycles. The zero-order chi connectivity index (χ0) is 14.7. The maximum absolute atomic E-state index is 5.74. The molecule has 3 N–H and O–H groups in total. The van der Waals surface area contributed by atoms with Crippen molar-refractivity contribution in [1.82, 2.24) is 15.2 Å². The second-order valence-corrected chi connectivity index (χ2v) is 5.89. The van der Waals surface area contributed by atoms with E-state index < -0.39 is 0 Å². The van der Waals surface area contributed by atoms with E-state index in [0.717, 1.165) is 23.0 Å². The Bertz CT molecular complexity index is 592. The van der Waals surface area contributed by atoms with Crippen molar-refractivity contribution in [3.63, 3.8) is 0 Å². The first-order chi connectivity index (χ1) is 9.55. The molecule has 108 valence electrons. The van der Waals surface area contributed by atoms with Crippen LogP contribution in [0.25, 0.3) is 0 Å². The first kappa shape index (κ1) is 15.2. The van der Waals surface area contributed by atoms with Crippen LogP contribution in [0.3, 0.4) is 0 Å². The molecule has 0 amide bonds. The summed E-state index contributed by atoms with van der Waals surface area (Å²) in [6, 6.07) is 8.55. The quantitative estimate of drug-likeness (QED) is 0.652. The second kappa shape index (κ2) is 6.52. The van der Waals surface area contributed by atoms with E-state index in [4.69, 9.17) is 5.84 Å². The van der Waals surface area contributed by atoms with Gasteiger partial charge in [0.15, 0.2) is 0 Å². The minimum absolute atomic E-state index is 0.0851. The average molecular weight is 337 g/mol. The molecule has 2 rings (SSSR count). The van der Waals surface area contributed by atoms with Crippen LogP contribution in [0.1, 0.15) is 35.5 Å². The van der Waals surface area contributed by atoms with E-state index in [1.807, 2.05) is 11.7 Å². The Kier molecular flexibility index (Phi) is 4.96. The molecule has 1 unspecified atom stereocenters. The van der Waals surface area contributed by atoms with Gasteiger partial charge in [-0.3, -0.25) is 16.0 Å². The Morgan fingerprint density at radius 2 is 2.15 bits per heavy atom. The van der Waals surface area contributed by atoms with E-state index in [0.29, 0.717) is 0 Å². The number of aromatic nitrogens is 2. The Labute approximate surface area is 128 Å². The molecular weight excluding hydrogens is 316 g/mol. The molecule has 1 aromatic heterocycles. The molecule has 0 aliphatic carbocycles. The van der Waals surface area contributed by atoms with Gasteiger partial charge in [-0.05, 0) is 36.6 Å². The van der Waals surface area contributed by atoms with Crippen molar-refractivity contribution in [2.24, 2.45) is 12.9 Å². The SMILES string of the molecule is CCc1cc(CC(NN)c2ccc(Br)c(C)c2)n(C)n1.